The Morgan fingerprint density at radius 3 is 1.90 bits per heavy atom. The van der Waals surface area contributed by atoms with Gasteiger partial charge in [0.25, 0.3) is 0 Å². The molecule has 0 aromatic heterocycles. The Labute approximate surface area is 178 Å². The van der Waals surface area contributed by atoms with Crippen LogP contribution in [0.2, 0.25) is 0 Å². The summed E-state index contributed by atoms with van der Waals surface area (Å²) in [6.45, 7) is 0. The fourth-order valence-corrected chi connectivity index (χ4v) is 5.84. The summed E-state index contributed by atoms with van der Waals surface area (Å²) in [6, 6.07) is 27.6. The number of aromatic hydroxyl groups is 2. The zero-order valence-electron chi connectivity index (χ0n) is 15.5. The fraction of sp³-hybridized carbons (Fsp3) is 0.0400. The monoisotopic (exact) mass is 414 g/mol. The molecule has 1 aliphatic carbocycles. The summed E-state index contributed by atoms with van der Waals surface area (Å²) in [5.74, 6) is 0.559. The van der Waals surface area contributed by atoms with Crippen LogP contribution >= 0.6 is 23.5 Å². The average Bonchev–Trinajstić information content (AvgIpc) is 3.12. The molecule has 4 aromatic rings. The molecule has 0 aliphatic heterocycles. The molecule has 5 rings (SSSR count). The van der Waals surface area contributed by atoms with E-state index in [1.165, 1.54) is 22.3 Å². The molecule has 0 saturated heterocycles. The number of fused-ring (bicyclic) bond motifs is 3. The molecule has 0 bridgehead atoms. The van der Waals surface area contributed by atoms with E-state index < -0.39 is 0 Å². The Morgan fingerprint density at radius 1 is 0.552 bits per heavy atom. The third-order valence-corrected chi connectivity index (χ3v) is 7.55. The molecule has 0 amide bonds. The van der Waals surface area contributed by atoms with E-state index in [0.717, 1.165) is 26.0 Å². The van der Waals surface area contributed by atoms with E-state index in [4.69, 9.17) is 0 Å². The van der Waals surface area contributed by atoms with Crippen molar-refractivity contribution in [2.24, 2.45) is 0 Å². The maximum absolute atomic E-state index is 10.4. The largest absolute Gasteiger partial charge is 0.507 e. The molecule has 0 spiro atoms. The van der Waals surface area contributed by atoms with Gasteiger partial charge in [0.15, 0.2) is 0 Å². The van der Waals surface area contributed by atoms with Crippen LogP contribution in [0.4, 0.5) is 0 Å². The Balaban J connectivity index is 1.64. The number of phenols is 2. The highest BCUT2D eigenvalue weighted by Crippen LogP contribution is 2.50. The molecule has 0 saturated carbocycles. The van der Waals surface area contributed by atoms with Gasteiger partial charge in [0.2, 0.25) is 0 Å². The second-order valence-electron chi connectivity index (χ2n) is 6.89. The first-order valence-corrected chi connectivity index (χ1v) is 11.0. The van der Waals surface area contributed by atoms with Crippen molar-refractivity contribution in [3.63, 3.8) is 0 Å². The number of hydrogen-bond donors (Lipinski definition) is 2. The van der Waals surface area contributed by atoms with Gasteiger partial charge in [-0.05, 0) is 59.0 Å². The van der Waals surface area contributed by atoms with E-state index in [9.17, 15) is 10.2 Å². The Hall–Kier alpha value is -2.82. The Kier molecular flexibility index (Phi) is 4.74. The highest BCUT2D eigenvalue weighted by Gasteiger charge is 2.24. The van der Waals surface area contributed by atoms with Gasteiger partial charge in [-0.3, -0.25) is 0 Å². The third kappa shape index (κ3) is 3.39. The van der Waals surface area contributed by atoms with Gasteiger partial charge in [-0.2, -0.15) is 0 Å². The van der Waals surface area contributed by atoms with E-state index >= 15 is 0 Å². The van der Waals surface area contributed by atoms with E-state index in [0.29, 0.717) is 0 Å². The molecule has 2 N–H and O–H groups in total. The smallest absolute Gasteiger partial charge is 0.129 e. The lowest BCUT2D eigenvalue weighted by molar-refractivity contribution is 0.461. The van der Waals surface area contributed by atoms with Gasteiger partial charge in [-0.1, -0.05) is 78.1 Å². The number of phenolic OH excluding ortho intramolecular Hbond substituents is 2. The zero-order valence-corrected chi connectivity index (χ0v) is 17.1. The second kappa shape index (κ2) is 7.54. The number of para-hydroxylation sites is 2. The Bertz CT molecular complexity index is 1220. The molecule has 0 radical (unpaired) electrons. The van der Waals surface area contributed by atoms with Crippen molar-refractivity contribution in [3.8, 4) is 22.6 Å². The zero-order chi connectivity index (χ0) is 19.8. The third-order valence-electron chi connectivity index (χ3n) is 5.06. The molecular formula is C25H18O2S2. The van der Waals surface area contributed by atoms with Gasteiger partial charge in [-0.15, -0.1) is 0 Å². The van der Waals surface area contributed by atoms with Gasteiger partial charge in [0, 0.05) is 9.79 Å². The van der Waals surface area contributed by atoms with Gasteiger partial charge in [-0.25, -0.2) is 0 Å². The summed E-state index contributed by atoms with van der Waals surface area (Å²) in [5, 5.41) is 20.6. The summed E-state index contributed by atoms with van der Waals surface area (Å²) >= 11 is 3.15. The van der Waals surface area contributed by atoms with Gasteiger partial charge in [0.1, 0.15) is 11.5 Å². The lowest BCUT2D eigenvalue weighted by atomic mass is 10.1. The minimum atomic E-state index is 0.278. The first-order valence-electron chi connectivity index (χ1n) is 9.36. The summed E-state index contributed by atoms with van der Waals surface area (Å²) in [7, 11) is 0. The van der Waals surface area contributed by atoms with Gasteiger partial charge in [0.05, 0.1) is 9.79 Å². The van der Waals surface area contributed by atoms with Crippen LogP contribution in [0.1, 0.15) is 11.1 Å². The van der Waals surface area contributed by atoms with Crippen LogP contribution in [0.15, 0.2) is 105 Å². The topological polar surface area (TPSA) is 40.5 Å². The van der Waals surface area contributed by atoms with Crippen molar-refractivity contribution in [1.29, 1.82) is 0 Å². The number of rotatable bonds is 4. The minimum absolute atomic E-state index is 0.278. The van der Waals surface area contributed by atoms with Gasteiger partial charge >= 0.3 is 0 Å². The fourth-order valence-electron chi connectivity index (χ4n) is 3.67. The summed E-state index contributed by atoms with van der Waals surface area (Å²) < 4.78 is 0. The average molecular weight is 415 g/mol. The molecule has 29 heavy (non-hydrogen) atoms. The molecule has 0 heterocycles. The van der Waals surface area contributed by atoms with Crippen molar-refractivity contribution < 1.29 is 10.2 Å². The molecule has 2 nitrogen and oxygen atoms in total. The van der Waals surface area contributed by atoms with Crippen LogP contribution in [0.3, 0.4) is 0 Å². The van der Waals surface area contributed by atoms with Crippen LogP contribution in [-0.2, 0) is 6.42 Å². The molecule has 4 aromatic carbocycles. The molecule has 142 valence electrons. The van der Waals surface area contributed by atoms with E-state index in [2.05, 4.69) is 36.4 Å². The summed E-state index contributed by atoms with van der Waals surface area (Å²) in [5.41, 5.74) is 5.13. The van der Waals surface area contributed by atoms with Crippen molar-refractivity contribution in [1.82, 2.24) is 0 Å². The maximum atomic E-state index is 10.4. The SMILES string of the molecule is Oc1ccccc1Sc1ccc2c(c1Sc1ccccc1O)Cc1ccccc1-2. The number of benzene rings is 4. The summed E-state index contributed by atoms with van der Waals surface area (Å²) in [4.78, 5) is 3.86. The molecule has 0 unspecified atom stereocenters. The van der Waals surface area contributed by atoms with Crippen molar-refractivity contribution >= 4 is 23.5 Å². The van der Waals surface area contributed by atoms with Crippen molar-refractivity contribution in [3.05, 3.63) is 96.1 Å². The normalized spacial score (nSPS) is 11.9. The predicted octanol–water partition coefficient (Wildman–Crippen LogP) is 6.97. The molecule has 4 heteroatoms. The van der Waals surface area contributed by atoms with E-state index in [-0.39, 0.29) is 11.5 Å². The van der Waals surface area contributed by atoms with E-state index in [1.54, 1.807) is 35.7 Å². The van der Waals surface area contributed by atoms with Crippen LogP contribution in [0.5, 0.6) is 11.5 Å². The quantitative estimate of drug-likeness (QED) is 0.333. The van der Waals surface area contributed by atoms with Gasteiger partial charge < -0.3 is 10.2 Å². The summed E-state index contributed by atoms with van der Waals surface area (Å²) in [6.07, 6.45) is 0.872. The van der Waals surface area contributed by atoms with Crippen LogP contribution in [0, 0.1) is 0 Å². The molecule has 1 aliphatic rings. The van der Waals surface area contributed by atoms with E-state index in [1.807, 2.05) is 36.4 Å². The highest BCUT2D eigenvalue weighted by molar-refractivity contribution is 8.02. The molecular weight excluding hydrogens is 396 g/mol. The van der Waals surface area contributed by atoms with Crippen LogP contribution < -0.4 is 0 Å². The lowest BCUT2D eigenvalue weighted by Gasteiger charge is -2.15. The first-order chi connectivity index (χ1) is 14.2. The van der Waals surface area contributed by atoms with Crippen LogP contribution in [-0.4, -0.2) is 10.2 Å². The lowest BCUT2D eigenvalue weighted by Crippen LogP contribution is -1.90. The Morgan fingerprint density at radius 2 is 1.17 bits per heavy atom. The second-order valence-corrected chi connectivity index (χ2v) is 9.03. The standard InChI is InChI=1S/C25H18O2S2/c26-20-9-3-5-11-22(20)28-24-14-13-18-17-8-2-1-7-16(17)15-19(18)25(24)29-23-12-6-4-10-21(23)27/h1-14,26-27H,15H2. The van der Waals surface area contributed by atoms with Crippen molar-refractivity contribution in [2.45, 2.75) is 26.0 Å². The highest BCUT2D eigenvalue weighted by atomic mass is 32.2. The molecule has 0 fully saturated rings. The molecule has 0 atom stereocenters. The maximum Gasteiger partial charge on any atom is 0.129 e. The van der Waals surface area contributed by atoms with Crippen molar-refractivity contribution in [2.75, 3.05) is 0 Å². The predicted molar refractivity (Wildman–Crippen MR) is 119 cm³/mol. The minimum Gasteiger partial charge on any atom is -0.507 e. The number of hydrogen-bond acceptors (Lipinski definition) is 4. The first kappa shape index (κ1) is 18.2. The van der Waals surface area contributed by atoms with Crippen LogP contribution in [0.25, 0.3) is 11.1 Å².